The van der Waals surface area contributed by atoms with Crippen molar-refractivity contribution in [2.75, 3.05) is 20.1 Å². The molecule has 1 fully saturated rings. The van der Waals surface area contributed by atoms with E-state index in [1.165, 1.54) is 0 Å². The summed E-state index contributed by atoms with van der Waals surface area (Å²) >= 11 is 0. The van der Waals surface area contributed by atoms with Crippen molar-refractivity contribution in [3.63, 3.8) is 0 Å². The Morgan fingerprint density at radius 1 is 1.29 bits per heavy atom. The highest BCUT2D eigenvalue weighted by Crippen LogP contribution is 2.34. The zero-order valence-electron chi connectivity index (χ0n) is 12.2. The van der Waals surface area contributed by atoms with Crippen LogP contribution in [0, 0.1) is 0 Å². The van der Waals surface area contributed by atoms with E-state index in [9.17, 15) is 4.79 Å². The van der Waals surface area contributed by atoms with Gasteiger partial charge in [-0.25, -0.2) is 5.01 Å². The van der Waals surface area contributed by atoms with Crippen molar-refractivity contribution in [3.05, 3.63) is 22.9 Å². The SMILES string of the molecule is CN1CCC(N2N=CC3=CNN=C4CCC(=C34)C2=O)CC1. The molecule has 0 radical (unpaired) electrons. The molecule has 0 saturated carbocycles. The van der Waals surface area contributed by atoms with Gasteiger partial charge in [0.15, 0.2) is 0 Å². The van der Waals surface area contributed by atoms with Crippen molar-refractivity contribution in [2.24, 2.45) is 10.2 Å². The van der Waals surface area contributed by atoms with Gasteiger partial charge in [0.2, 0.25) is 0 Å². The van der Waals surface area contributed by atoms with E-state index in [2.05, 4.69) is 27.6 Å². The second-order valence-electron chi connectivity index (χ2n) is 6.07. The third-order valence-electron chi connectivity index (χ3n) is 4.73. The molecule has 0 aromatic carbocycles. The Labute approximate surface area is 123 Å². The summed E-state index contributed by atoms with van der Waals surface area (Å²) in [6, 6.07) is 0.216. The zero-order valence-corrected chi connectivity index (χ0v) is 12.2. The van der Waals surface area contributed by atoms with Gasteiger partial charge in [0.25, 0.3) is 5.91 Å². The molecule has 3 heterocycles. The highest BCUT2D eigenvalue weighted by atomic mass is 16.2. The summed E-state index contributed by atoms with van der Waals surface area (Å²) in [5.41, 5.74) is 6.79. The number of hydrogen-bond donors (Lipinski definition) is 1. The quantitative estimate of drug-likeness (QED) is 0.777. The first-order chi connectivity index (χ1) is 10.2. The second kappa shape index (κ2) is 4.80. The number of piperidine rings is 1. The van der Waals surface area contributed by atoms with Gasteiger partial charge in [-0.3, -0.25) is 10.2 Å². The third-order valence-corrected chi connectivity index (χ3v) is 4.73. The molecule has 1 N–H and O–H groups in total. The van der Waals surface area contributed by atoms with E-state index in [0.717, 1.165) is 61.2 Å². The number of hydrazone groups is 2. The predicted octanol–water partition coefficient (Wildman–Crippen LogP) is 0.842. The minimum atomic E-state index is 0.0753. The highest BCUT2D eigenvalue weighted by Gasteiger charge is 2.37. The Balaban J connectivity index is 1.68. The molecule has 110 valence electrons. The van der Waals surface area contributed by atoms with Gasteiger partial charge >= 0.3 is 0 Å². The highest BCUT2D eigenvalue weighted by molar-refractivity contribution is 6.19. The average Bonchev–Trinajstić information content (AvgIpc) is 2.87. The Hall–Kier alpha value is -1.95. The number of rotatable bonds is 1. The molecular formula is C15H19N5O. The van der Waals surface area contributed by atoms with Gasteiger partial charge in [-0.1, -0.05) is 0 Å². The summed E-state index contributed by atoms with van der Waals surface area (Å²) in [7, 11) is 2.12. The van der Waals surface area contributed by atoms with Gasteiger partial charge in [0.1, 0.15) is 0 Å². The summed E-state index contributed by atoms with van der Waals surface area (Å²) in [4.78, 5) is 15.2. The Kier molecular flexibility index (Phi) is 2.92. The largest absolute Gasteiger partial charge is 0.306 e. The lowest BCUT2D eigenvalue weighted by atomic mass is 10.0. The maximum absolute atomic E-state index is 12.9. The average molecular weight is 285 g/mol. The number of allylic oxidation sites excluding steroid dienone is 2. The lowest BCUT2D eigenvalue weighted by Crippen LogP contribution is -2.44. The van der Waals surface area contributed by atoms with E-state index in [0.29, 0.717) is 0 Å². The van der Waals surface area contributed by atoms with Gasteiger partial charge in [0, 0.05) is 22.9 Å². The molecule has 4 rings (SSSR count). The number of likely N-dealkylation sites (tertiary alicyclic amines) is 1. The van der Waals surface area contributed by atoms with Crippen LogP contribution in [0.1, 0.15) is 25.7 Å². The fraction of sp³-hybridized carbons (Fsp3) is 0.533. The first-order valence-electron chi connectivity index (χ1n) is 7.56. The fourth-order valence-corrected chi connectivity index (χ4v) is 3.50. The summed E-state index contributed by atoms with van der Waals surface area (Å²) in [6.07, 6.45) is 7.24. The van der Waals surface area contributed by atoms with Crippen molar-refractivity contribution >= 4 is 17.8 Å². The zero-order chi connectivity index (χ0) is 14.4. The van der Waals surface area contributed by atoms with Crippen LogP contribution in [-0.2, 0) is 4.79 Å². The van der Waals surface area contributed by atoms with Crippen LogP contribution < -0.4 is 5.43 Å². The van der Waals surface area contributed by atoms with Crippen molar-refractivity contribution in [1.29, 1.82) is 0 Å². The van der Waals surface area contributed by atoms with E-state index in [1.807, 2.05) is 12.4 Å². The molecule has 6 heteroatoms. The molecule has 0 atom stereocenters. The molecule has 1 aliphatic carbocycles. The second-order valence-corrected chi connectivity index (χ2v) is 6.07. The topological polar surface area (TPSA) is 60.3 Å². The first-order valence-corrected chi connectivity index (χ1v) is 7.56. The number of hydrogen-bond acceptors (Lipinski definition) is 5. The Morgan fingerprint density at radius 3 is 2.90 bits per heavy atom. The van der Waals surface area contributed by atoms with Gasteiger partial charge in [-0.05, 0) is 45.8 Å². The van der Waals surface area contributed by atoms with Crippen LogP contribution >= 0.6 is 0 Å². The molecular weight excluding hydrogens is 266 g/mol. The third kappa shape index (κ3) is 2.01. The fourth-order valence-electron chi connectivity index (χ4n) is 3.50. The minimum Gasteiger partial charge on any atom is -0.306 e. The number of carbonyl (C=O) groups excluding carboxylic acids is 1. The molecule has 21 heavy (non-hydrogen) atoms. The number of nitrogens with one attached hydrogen (secondary N) is 1. The standard InChI is InChI=1S/C15H19N5O/c1-19-6-4-11(5-7-19)20-15(21)12-2-3-13-14(12)10(9-17-20)8-16-18-13/h8-9,11,16H,2-7H2,1H3. The predicted molar refractivity (Wildman–Crippen MR) is 80.8 cm³/mol. The molecule has 1 amide bonds. The van der Waals surface area contributed by atoms with Gasteiger partial charge in [-0.2, -0.15) is 10.2 Å². The molecule has 6 nitrogen and oxygen atoms in total. The summed E-state index contributed by atoms with van der Waals surface area (Å²) in [5, 5.41) is 10.5. The maximum atomic E-state index is 12.9. The smallest absolute Gasteiger partial charge is 0.270 e. The monoisotopic (exact) mass is 285 g/mol. The van der Waals surface area contributed by atoms with Crippen molar-refractivity contribution in [2.45, 2.75) is 31.7 Å². The van der Waals surface area contributed by atoms with E-state index >= 15 is 0 Å². The lowest BCUT2D eigenvalue weighted by Gasteiger charge is -2.34. The Bertz CT molecular complexity index is 608. The van der Waals surface area contributed by atoms with Crippen LogP contribution in [-0.4, -0.2) is 53.9 Å². The molecule has 0 unspecified atom stereocenters. The van der Waals surface area contributed by atoms with Crippen LogP contribution in [0.25, 0.3) is 0 Å². The molecule has 0 spiro atoms. The van der Waals surface area contributed by atoms with Gasteiger partial charge in [-0.15, -0.1) is 0 Å². The lowest BCUT2D eigenvalue weighted by molar-refractivity contribution is -0.130. The van der Waals surface area contributed by atoms with E-state index < -0.39 is 0 Å². The van der Waals surface area contributed by atoms with Crippen molar-refractivity contribution < 1.29 is 4.79 Å². The summed E-state index contributed by atoms with van der Waals surface area (Å²) < 4.78 is 0. The molecule has 4 aliphatic rings. The van der Waals surface area contributed by atoms with Gasteiger partial charge < -0.3 is 4.90 Å². The first kappa shape index (κ1) is 12.8. The minimum absolute atomic E-state index is 0.0753. The summed E-state index contributed by atoms with van der Waals surface area (Å²) in [6.45, 7) is 2.04. The molecule has 1 saturated heterocycles. The van der Waals surface area contributed by atoms with Crippen molar-refractivity contribution in [3.8, 4) is 0 Å². The van der Waals surface area contributed by atoms with Crippen LogP contribution in [0.2, 0.25) is 0 Å². The molecule has 0 aromatic heterocycles. The Morgan fingerprint density at radius 2 is 2.10 bits per heavy atom. The molecule has 0 bridgehead atoms. The normalized spacial score (nSPS) is 26.3. The molecule has 0 aromatic rings. The number of amides is 1. The van der Waals surface area contributed by atoms with Crippen LogP contribution in [0.15, 0.2) is 33.1 Å². The van der Waals surface area contributed by atoms with Crippen LogP contribution in [0.3, 0.4) is 0 Å². The maximum Gasteiger partial charge on any atom is 0.270 e. The van der Waals surface area contributed by atoms with Gasteiger partial charge in [0.05, 0.1) is 18.0 Å². The van der Waals surface area contributed by atoms with Crippen LogP contribution in [0.4, 0.5) is 0 Å². The van der Waals surface area contributed by atoms with Crippen molar-refractivity contribution in [1.82, 2.24) is 15.3 Å². The molecule has 3 aliphatic heterocycles. The number of nitrogens with zero attached hydrogens (tertiary/aromatic N) is 4. The van der Waals surface area contributed by atoms with E-state index in [4.69, 9.17) is 0 Å². The van der Waals surface area contributed by atoms with Crippen LogP contribution in [0.5, 0.6) is 0 Å². The summed E-state index contributed by atoms with van der Waals surface area (Å²) in [5.74, 6) is 0.0753. The van der Waals surface area contributed by atoms with E-state index in [1.54, 1.807) is 5.01 Å². The number of carbonyl (C=O) groups is 1. The van der Waals surface area contributed by atoms with E-state index in [-0.39, 0.29) is 11.9 Å².